The maximum atomic E-state index is 13.9. The molecule has 0 saturated heterocycles. The summed E-state index contributed by atoms with van der Waals surface area (Å²) in [6.45, 7) is 1.51. The average molecular weight is 371 g/mol. The number of H-pyrrole nitrogens is 1. The smallest absolute Gasteiger partial charge is 0.403 e. The summed E-state index contributed by atoms with van der Waals surface area (Å²) in [4.78, 5) is 30.1. The SMILES string of the molecule is Cc1nc(C(=O)NC2(c3ccc(OC(F)(F)F)c(F)c3)CC2)cc(=O)[nH]1. The molecule has 0 aliphatic heterocycles. The van der Waals surface area contributed by atoms with Crippen LogP contribution < -0.4 is 15.6 Å². The molecular weight excluding hydrogens is 358 g/mol. The van der Waals surface area contributed by atoms with Gasteiger partial charge in [-0.2, -0.15) is 0 Å². The van der Waals surface area contributed by atoms with E-state index in [4.69, 9.17) is 0 Å². The van der Waals surface area contributed by atoms with E-state index in [9.17, 15) is 27.2 Å². The highest BCUT2D eigenvalue weighted by atomic mass is 19.4. The van der Waals surface area contributed by atoms with Gasteiger partial charge in [-0.1, -0.05) is 6.07 Å². The summed E-state index contributed by atoms with van der Waals surface area (Å²) in [5, 5.41) is 2.67. The van der Waals surface area contributed by atoms with Crippen molar-refractivity contribution >= 4 is 5.91 Å². The molecule has 1 aliphatic rings. The molecule has 0 atom stereocenters. The van der Waals surface area contributed by atoms with E-state index in [-0.39, 0.29) is 11.5 Å². The fraction of sp³-hybridized carbons (Fsp3) is 0.312. The molecule has 138 valence electrons. The first kappa shape index (κ1) is 17.9. The Morgan fingerprint density at radius 3 is 2.54 bits per heavy atom. The number of ether oxygens (including phenoxy) is 1. The number of aromatic amines is 1. The van der Waals surface area contributed by atoms with Crippen molar-refractivity contribution in [3.63, 3.8) is 0 Å². The van der Waals surface area contributed by atoms with Crippen molar-refractivity contribution in [2.24, 2.45) is 0 Å². The van der Waals surface area contributed by atoms with E-state index in [1.165, 1.54) is 13.0 Å². The fourth-order valence-electron chi connectivity index (χ4n) is 2.59. The summed E-state index contributed by atoms with van der Waals surface area (Å²) in [7, 11) is 0. The predicted molar refractivity (Wildman–Crippen MR) is 81.1 cm³/mol. The zero-order chi connectivity index (χ0) is 19.1. The third kappa shape index (κ3) is 3.84. The molecule has 0 unspecified atom stereocenters. The Labute approximate surface area is 144 Å². The van der Waals surface area contributed by atoms with Gasteiger partial charge in [0.25, 0.3) is 11.5 Å². The van der Waals surface area contributed by atoms with E-state index < -0.39 is 34.9 Å². The largest absolute Gasteiger partial charge is 0.573 e. The summed E-state index contributed by atoms with van der Waals surface area (Å²) in [6, 6.07) is 4.04. The van der Waals surface area contributed by atoms with Crippen LogP contribution in [0.1, 0.15) is 34.7 Å². The number of aryl methyl sites for hydroxylation is 1. The number of halogens is 4. The lowest BCUT2D eigenvalue weighted by molar-refractivity contribution is -0.275. The van der Waals surface area contributed by atoms with E-state index in [0.717, 1.165) is 18.2 Å². The summed E-state index contributed by atoms with van der Waals surface area (Å²) in [6.07, 6.45) is -4.06. The molecule has 0 bridgehead atoms. The number of hydrogen-bond acceptors (Lipinski definition) is 4. The molecule has 1 aliphatic carbocycles. The number of nitrogens with zero attached hydrogens (tertiary/aromatic N) is 1. The molecule has 0 radical (unpaired) electrons. The lowest BCUT2D eigenvalue weighted by Crippen LogP contribution is -2.36. The molecule has 1 aromatic heterocycles. The van der Waals surface area contributed by atoms with Gasteiger partial charge < -0.3 is 15.0 Å². The standard InChI is InChI=1S/C16H13F4N3O3/c1-8-21-11(7-13(24)22-8)14(25)23-15(4-5-15)9-2-3-12(10(17)6-9)26-16(18,19)20/h2-3,6-7H,4-5H2,1H3,(H,23,25)(H,21,22,24). The number of carbonyl (C=O) groups excluding carboxylic acids is 1. The number of benzene rings is 1. The number of amides is 1. The normalized spacial score (nSPS) is 15.4. The number of hydrogen-bond donors (Lipinski definition) is 2. The minimum atomic E-state index is -5.00. The second-order valence-electron chi connectivity index (χ2n) is 5.95. The number of rotatable bonds is 4. The Kier molecular flexibility index (Phi) is 4.21. The first-order valence-corrected chi connectivity index (χ1v) is 7.54. The summed E-state index contributed by atoms with van der Waals surface area (Å²) >= 11 is 0. The lowest BCUT2D eigenvalue weighted by Gasteiger charge is -2.19. The molecule has 1 amide bonds. The van der Waals surface area contributed by atoms with E-state index in [1.54, 1.807) is 0 Å². The molecule has 26 heavy (non-hydrogen) atoms. The topological polar surface area (TPSA) is 84.1 Å². The van der Waals surface area contributed by atoms with Crippen LogP contribution in [0.15, 0.2) is 29.1 Å². The Bertz CT molecular complexity index is 920. The van der Waals surface area contributed by atoms with Gasteiger partial charge in [-0.05, 0) is 37.5 Å². The van der Waals surface area contributed by atoms with Crippen molar-refractivity contribution in [1.29, 1.82) is 0 Å². The third-order valence-electron chi connectivity index (χ3n) is 3.91. The van der Waals surface area contributed by atoms with Gasteiger partial charge in [0, 0.05) is 6.07 Å². The highest BCUT2D eigenvalue weighted by Crippen LogP contribution is 2.46. The van der Waals surface area contributed by atoms with Crippen LogP contribution in [-0.4, -0.2) is 22.2 Å². The van der Waals surface area contributed by atoms with Gasteiger partial charge in [0.15, 0.2) is 11.6 Å². The van der Waals surface area contributed by atoms with Crippen molar-refractivity contribution in [2.45, 2.75) is 31.7 Å². The molecule has 2 N–H and O–H groups in total. The molecule has 10 heteroatoms. The summed E-state index contributed by atoms with van der Waals surface area (Å²) in [5.74, 6) is -2.51. The molecule has 1 heterocycles. The van der Waals surface area contributed by atoms with E-state index in [2.05, 4.69) is 20.0 Å². The molecule has 3 rings (SSSR count). The molecule has 2 aromatic rings. The van der Waals surface area contributed by atoms with Crippen LogP contribution in [0, 0.1) is 12.7 Å². The van der Waals surface area contributed by atoms with Gasteiger partial charge >= 0.3 is 6.36 Å². The monoisotopic (exact) mass is 371 g/mol. The number of aromatic nitrogens is 2. The quantitative estimate of drug-likeness (QED) is 0.809. The molecule has 1 saturated carbocycles. The Morgan fingerprint density at radius 2 is 2.00 bits per heavy atom. The van der Waals surface area contributed by atoms with Crippen molar-refractivity contribution < 1.29 is 27.1 Å². The van der Waals surface area contributed by atoms with Crippen LogP contribution in [0.4, 0.5) is 17.6 Å². The lowest BCUT2D eigenvalue weighted by atomic mass is 10.0. The maximum absolute atomic E-state index is 13.9. The van der Waals surface area contributed by atoms with Gasteiger partial charge in [-0.3, -0.25) is 9.59 Å². The van der Waals surface area contributed by atoms with E-state index in [1.807, 2.05) is 0 Å². The summed E-state index contributed by atoms with van der Waals surface area (Å²) in [5.41, 5.74) is -1.20. The average Bonchev–Trinajstić information content (AvgIpc) is 3.27. The maximum Gasteiger partial charge on any atom is 0.573 e. The minimum absolute atomic E-state index is 0.102. The number of nitrogens with one attached hydrogen (secondary N) is 2. The van der Waals surface area contributed by atoms with Crippen LogP contribution in [0.3, 0.4) is 0 Å². The van der Waals surface area contributed by atoms with Crippen LogP contribution in [-0.2, 0) is 5.54 Å². The number of carbonyl (C=O) groups is 1. The zero-order valence-corrected chi connectivity index (χ0v) is 13.4. The fourth-order valence-corrected chi connectivity index (χ4v) is 2.59. The third-order valence-corrected chi connectivity index (χ3v) is 3.91. The molecule has 6 nitrogen and oxygen atoms in total. The first-order valence-electron chi connectivity index (χ1n) is 7.54. The van der Waals surface area contributed by atoms with Gasteiger partial charge in [0.1, 0.15) is 11.5 Å². The van der Waals surface area contributed by atoms with Gasteiger partial charge in [0.2, 0.25) is 0 Å². The second-order valence-corrected chi connectivity index (χ2v) is 5.95. The van der Waals surface area contributed by atoms with Crippen LogP contribution in [0.2, 0.25) is 0 Å². The van der Waals surface area contributed by atoms with Crippen molar-refractivity contribution in [2.75, 3.05) is 0 Å². The highest BCUT2D eigenvalue weighted by Gasteiger charge is 2.46. The Balaban J connectivity index is 1.82. The van der Waals surface area contributed by atoms with Crippen molar-refractivity contribution in [1.82, 2.24) is 15.3 Å². The first-order chi connectivity index (χ1) is 12.1. The van der Waals surface area contributed by atoms with Gasteiger partial charge in [0.05, 0.1) is 5.54 Å². The van der Waals surface area contributed by atoms with Crippen LogP contribution in [0.5, 0.6) is 5.75 Å². The molecule has 0 spiro atoms. The minimum Gasteiger partial charge on any atom is -0.403 e. The summed E-state index contributed by atoms with van der Waals surface area (Å²) < 4.78 is 54.1. The highest BCUT2D eigenvalue weighted by molar-refractivity contribution is 5.93. The Hall–Kier alpha value is -2.91. The second kappa shape index (κ2) is 6.11. The van der Waals surface area contributed by atoms with Crippen LogP contribution >= 0.6 is 0 Å². The van der Waals surface area contributed by atoms with Crippen LogP contribution in [0.25, 0.3) is 0 Å². The van der Waals surface area contributed by atoms with E-state index >= 15 is 0 Å². The van der Waals surface area contributed by atoms with E-state index in [0.29, 0.717) is 18.4 Å². The predicted octanol–water partition coefficient (Wildman–Crippen LogP) is 2.54. The molecule has 1 aromatic carbocycles. The number of alkyl halides is 3. The Morgan fingerprint density at radius 1 is 1.31 bits per heavy atom. The molecular formula is C16H13F4N3O3. The molecule has 1 fully saturated rings. The van der Waals surface area contributed by atoms with Crippen molar-refractivity contribution in [3.05, 3.63) is 57.5 Å². The van der Waals surface area contributed by atoms with Gasteiger partial charge in [-0.15, -0.1) is 13.2 Å². The van der Waals surface area contributed by atoms with Gasteiger partial charge in [-0.25, -0.2) is 9.37 Å². The zero-order valence-electron chi connectivity index (χ0n) is 13.4. The van der Waals surface area contributed by atoms with Crippen molar-refractivity contribution in [3.8, 4) is 5.75 Å².